The van der Waals surface area contributed by atoms with E-state index in [1.54, 1.807) is 0 Å². The van der Waals surface area contributed by atoms with Crippen molar-refractivity contribution in [1.82, 2.24) is 4.72 Å². The van der Waals surface area contributed by atoms with E-state index in [1.807, 2.05) is 30.3 Å². The van der Waals surface area contributed by atoms with Crippen LogP contribution in [-0.4, -0.2) is 38.8 Å². The number of benzene rings is 1. The molecule has 1 aliphatic heterocycles. The molecule has 20 heavy (non-hydrogen) atoms. The van der Waals surface area contributed by atoms with Gasteiger partial charge in [-0.3, -0.25) is 0 Å². The maximum atomic E-state index is 12.1. The van der Waals surface area contributed by atoms with Crippen LogP contribution in [0.15, 0.2) is 30.3 Å². The van der Waals surface area contributed by atoms with E-state index in [0.717, 1.165) is 18.4 Å². The van der Waals surface area contributed by atoms with E-state index >= 15 is 0 Å². The smallest absolute Gasteiger partial charge is 0.214 e. The van der Waals surface area contributed by atoms with Crippen molar-refractivity contribution < 1.29 is 13.2 Å². The first kappa shape index (κ1) is 15.8. The Balaban J connectivity index is 1.91. The molecule has 112 valence electrons. The summed E-state index contributed by atoms with van der Waals surface area (Å²) in [7, 11) is -3.36. The van der Waals surface area contributed by atoms with Crippen LogP contribution in [0.4, 0.5) is 0 Å². The van der Waals surface area contributed by atoms with E-state index in [2.05, 4.69) is 4.72 Å². The van der Waals surface area contributed by atoms with Gasteiger partial charge in [0.2, 0.25) is 10.0 Å². The number of hydrogen-bond acceptors (Lipinski definition) is 3. The van der Waals surface area contributed by atoms with Crippen molar-refractivity contribution in [3.63, 3.8) is 0 Å². The summed E-state index contributed by atoms with van der Waals surface area (Å²) in [6.07, 6.45) is 2.16. The molecule has 0 aromatic heterocycles. The van der Waals surface area contributed by atoms with Gasteiger partial charge in [-0.2, -0.15) is 0 Å². The van der Waals surface area contributed by atoms with Crippen LogP contribution in [0.1, 0.15) is 18.4 Å². The Labute approximate surface area is 125 Å². The van der Waals surface area contributed by atoms with Gasteiger partial charge in [-0.1, -0.05) is 30.3 Å². The van der Waals surface area contributed by atoms with Crippen LogP contribution in [0, 0.1) is 0 Å². The molecule has 1 aromatic rings. The highest BCUT2D eigenvalue weighted by molar-refractivity contribution is 7.89. The van der Waals surface area contributed by atoms with Gasteiger partial charge in [-0.15, -0.1) is 11.6 Å². The fourth-order valence-corrected chi connectivity index (χ4v) is 4.15. The second-order valence-electron chi connectivity index (χ2n) is 5.08. The standard InChI is InChI=1S/C14H20ClNO3S/c15-10-13(9-12-5-2-1-3-6-12)16-20(17,18)11-14-7-4-8-19-14/h1-3,5-6,13-14,16H,4,7-11H2. The van der Waals surface area contributed by atoms with Crippen molar-refractivity contribution in [2.45, 2.75) is 31.4 Å². The summed E-state index contributed by atoms with van der Waals surface area (Å²) in [6.45, 7) is 0.656. The number of rotatable bonds is 7. The van der Waals surface area contributed by atoms with Crippen molar-refractivity contribution >= 4 is 21.6 Å². The number of halogens is 1. The fraction of sp³-hybridized carbons (Fsp3) is 0.571. The monoisotopic (exact) mass is 317 g/mol. The first-order chi connectivity index (χ1) is 9.59. The predicted octanol–water partition coefficient (Wildman–Crippen LogP) is 1.93. The molecule has 1 aromatic carbocycles. The fourth-order valence-electron chi connectivity index (χ4n) is 2.35. The molecule has 4 nitrogen and oxygen atoms in total. The molecule has 1 fully saturated rings. The molecular weight excluding hydrogens is 298 g/mol. The van der Waals surface area contributed by atoms with Gasteiger partial charge in [0.15, 0.2) is 0 Å². The van der Waals surface area contributed by atoms with E-state index < -0.39 is 10.0 Å². The molecule has 0 amide bonds. The minimum Gasteiger partial charge on any atom is -0.377 e. The maximum Gasteiger partial charge on any atom is 0.214 e. The summed E-state index contributed by atoms with van der Waals surface area (Å²) in [5.74, 6) is 0.273. The van der Waals surface area contributed by atoms with Crippen molar-refractivity contribution in [2.75, 3.05) is 18.2 Å². The SMILES string of the molecule is O=S(=O)(CC1CCCO1)NC(CCl)Cc1ccccc1. The summed E-state index contributed by atoms with van der Waals surface area (Å²) in [5, 5.41) is 0. The highest BCUT2D eigenvalue weighted by Crippen LogP contribution is 2.14. The Hall–Kier alpha value is -0.620. The molecule has 0 saturated carbocycles. The van der Waals surface area contributed by atoms with Crippen molar-refractivity contribution in [3.8, 4) is 0 Å². The highest BCUT2D eigenvalue weighted by Gasteiger charge is 2.25. The van der Waals surface area contributed by atoms with Gasteiger partial charge in [-0.25, -0.2) is 13.1 Å². The Kier molecular flexibility index (Phi) is 5.84. The lowest BCUT2D eigenvalue weighted by molar-refractivity contribution is 0.127. The summed E-state index contributed by atoms with van der Waals surface area (Å²) in [4.78, 5) is 0. The van der Waals surface area contributed by atoms with Gasteiger partial charge >= 0.3 is 0 Å². The van der Waals surface area contributed by atoms with Gasteiger partial charge in [-0.05, 0) is 24.8 Å². The van der Waals surface area contributed by atoms with Crippen LogP contribution in [0.25, 0.3) is 0 Å². The topological polar surface area (TPSA) is 55.4 Å². The molecular formula is C14H20ClNO3S. The second-order valence-corrected chi connectivity index (χ2v) is 7.18. The van der Waals surface area contributed by atoms with Crippen molar-refractivity contribution in [3.05, 3.63) is 35.9 Å². The number of sulfonamides is 1. The Bertz CT molecular complexity index is 500. The van der Waals surface area contributed by atoms with Gasteiger partial charge in [0.25, 0.3) is 0 Å². The molecule has 1 saturated heterocycles. The molecule has 0 spiro atoms. The number of alkyl halides is 1. The van der Waals surface area contributed by atoms with Crippen LogP contribution in [-0.2, 0) is 21.2 Å². The number of nitrogens with one attached hydrogen (secondary N) is 1. The Morgan fingerprint density at radius 1 is 1.35 bits per heavy atom. The lowest BCUT2D eigenvalue weighted by atomic mass is 10.1. The van der Waals surface area contributed by atoms with E-state index in [1.165, 1.54) is 0 Å². The third-order valence-corrected chi connectivity index (χ3v) is 5.16. The molecule has 0 aliphatic carbocycles. The molecule has 1 heterocycles. The lowest BCUT2D eigenvalue weighted by Gasteiger charge is -2.18. The van der Waals surface area contributed by atoms with Crippen molar-refractivity contribution in [2.24, 2.45) is 0 Å². The molecule has 0 bridgehead atoms. The van der Waals surface area contributed by atoms with E-state index in [9.17, 15) is 8.42 Å². The quantitative estimate of drug-likeness (QED) is 0.782. The zero-order valence-electron chi connectivity index (χ0n) is 11.3. The zero-order chi connectivity index (χ0) is 14.4. The summed E-state index contributed by atoms with van der Waals surface area (Å²) in [6, 6.07) is 9.44. The van der Waals surface area contributed by atoms with Gasteiger partial charge in [0, 0.05) is 18.5 Å². The molecule has 6 heteroatoms. The third-order valence-electron chi connectivity index (χ3n) is 3.29. The molecule has 2 unspecified atom stereocenters. The zero-order valence-corrected chi connectivity index (χ0v) is 12.9. The van der Waals surface area contributed by atoms with E-state index in [4.69, 9.17) is 16.3 Å². The molecule has 1 N–H and O–H groups in total. The van der Waals surface area contributed by atoms with Crippen LogP contribution in [0.5, 0.6) is 0 Å². The van der Waals surface area contributed by atoms with Crippen LogP contribution >= 0.6 is 11.6 Å². The first-order valence-corrected chi connectivity index (χ1v) is 8.99. The number of hydrogen-bond donors (Lipinski definition) is 1. The molecule has 0 radical (unpaired) electrons. The normalized spacial score (nSPS) is 20.9. The van der Waals surface area contributed by atoms with Crippen molar-refractivity contribution in [1.29, 1.82) is 0 Å². The van der Waals surface area contributed by atoms with Gasteiger partial charge in [0.05, 0.1) is 11.9 Å². The molecule has 2 atom stereocenters. The largest absolute Gasteiger partial charge is 0.377 e. The lowest BCUT2D eigenvalue weighted by Crippen LogP contribution is -2.41. The molecule has 2 rings (SSSR count). The minimum absolute atomic E-state index is 0.0230. The van der Waals surface area contributed by atoms with E-state index in [0.29, 0.717) is 13.0 Å². The van der Waals surface area contributed by atoms with Crippen LogP contribution < -0.4 is 4.72 Å². The van der Waals surface area contributed by atoms with Crippen LogP contribution in [0.2, 0.25) is 0 Å². The molecule has 1 aliphatic rings. The minimum atomic E-state index is -3.36. The average Bonchev–Trinajstić information content (AvgIpc) is 2.91. The second kappa shape index (κ2) is 7.41. The van der Waals surface area contributed by atoms with Gasteiger partial charge < -0.3 is 4.74 Å². The predicted molar refractivity (Wildman–Crippen MR) is 80.6 cm³/mol. The third kappa shape index (κ3) is 5.05. The summed E-state index contributed by atoms with van der Waals surface area (Å²) in [5.41, 5.74) is 1.07. The van der Waals surface area contributed by atoms with Gasteiger partial charge in [0.1, 0.15) is 0 Å². The van der Waals surface area contributed by atoms with Crippen LogP contribution in [0.3, 0.4) is 0 Å². The highest BCUT2D eigenvalue weighted by atomic mass is 35.5. The van der Waals surface area contributed by atoms with E-state index in [-0.39, 0.29) is 23.8 Å². The Morgan fingerprint density at radius 2 is 2.10 bits per heavy atom. The Morgan fingerprint density at radius 3 is 2.70 bits per heavy atom. The maximum absolute atomic E-state index is 12.1. The number of ether oxygens (including phenoxy) is 1. The average molecular weight is 318 g/mol. The summed E-state index contributed by atoms with van der Waals surface area (Å²) >= 11 is 5.88. The first-order valence-electron chi connectivity index (χ1n) is 6.80. The summed E-state index contributed by atoms with van der Waals surface area (Å²) < 4.78 is 32.2.